The molecule has 0 spiro atoms. The average molecular weight is 559 g/mol. The van der Waals surface area contributed by atoms with E-state index in [9.17, 15) is 18.0 Å². The number of piperidine rings is 1. The van der Waals surface area contributed by atoms with Gasteiger partial charge in [0.2, 0.25) is 0 Å². The van der Waals surface area contributed by atoms with Crippen LogP contribution in [0.5, 0.6) is 11.5 Å². The maximum Gasteiger partial charge on any atom is 0.422 e. The van der Waals surface area contributed by atoms with Crippen molar-refractivity contribution in [1.29, 1.82) is 0 Å². The Bertz CT molecular complexity index is 739. The van der Waals surface area contributed by atoms with E-state index in [0.29, 0.717) is 39.0 Å². The molecule has 0 unspecified atom stereocenters. The minimum Gasteiger partial charge on any atom is -0.493 e. The van der Waals surface area contributed by atoms with Gasteiger partial charge in [-0.25, -0.2) is 4.99 Å². The standard InChI is InChI=1S/C20H28F3N3O4.HI/c1-4-24-19(26-9-7-15(8-10-26)18(27)29-3)25-12-14-5-6-16(17(11-14)28-2)30-13-20(21,22)23;/h5-6,11,15H,4,7-10,12-13H2,1-3H3,(H,24,25);1H. The van der Waals surface area contributed by atoms with Crippen LogP contribution in [0.4, 0.5) is 13.2 Å². The fraction of sp³-hybridized carbons (Fsp3) is 0.600. The molecule has 2 rings (SSSR count). The van der Waals surface area contributed by atoms with E-state index in [4.69, 9.17) is 14.2 Å². The topological polar surface area (TPSA) is 72.4 Å². The van der Waals surface area contributed by atoms with Crippen LogP contribution in [0.3, 0.4) is 0 Å². The van der Waals surface area contributed by atoms with Crippen molar-refractivity contribution < 1.29 is 32.2 Å². The van der Waals surface area contributed by atoms with Gasteiger partial charge in [-0.2, -0.15) is 13.2 Å². The van der Waals surface area contributed by atoms with Crippen LogP contribution < -0.4 is 14.8 Å². The molecule has 1 N–H and O–H groups in total. The number of alkyl halides is 3. The monoisotopic (exact) mass is 559 g/mol. The lowest BCUT2D eigenvalue weighted by Crippen LogP contribution is -2.46. The summed E-state index contributed by atoms with van der Waals surface area (Å²) in [5, 5.41) is 3.24. The third-order valence-corrected chi connectivity index (χ3v) is 4.69. The van der Waals surface area contributed by atoms with Gasteiger partial charge in [-0.1, -0.05) is 6.07 Å². The maximum absolute atomic E-state index is 12.4. The molecule has 1 aromatic carbocycles. The fourth-order valence-corrected chi connectivity index (χ4v) is 3.17. The largest absolute Gasteiger partial charge is 0.493 e. The summed E-state index contributed by atoms with van der Waals surface area (Å²) in [4.78, 5) is 18.4. The molecule has 1 aliphatic rings. The van der Waals surface area contributed by atoms with Crippen LogP contribution in [0.1, 0.15) is 25.3 Å². The molecule has 31 heavy (non-hydrogen) atoms. The summed E-state index contributed by atoms with van der Waals surface area (Å²) >= 11 is 0. The number of benzene rings is 1. The van der Waals surface area contributed by atoms with Crippen LogP contribution in [0, 0.1) is 5.92 Å². The zero-order valence-corrected chi connectivity index (χ0v) is 20.2. The van der Waals surface area contributed by atoms with Crippen LogP contribution in [0.15, 0.2) is 23.2 Å². The Morgan fingerprint density at radius 3 is 2.45 bits per heavy atom. The van der Waals surface area contributed by atoms with Crippen molar-refractivity contribution in [2.45, 2.75) is 32.5 Å². The number of methoxy groups -OCH3 is 2. The summed E-state index contributed by atoms with van der Waals surface area (Å²) in [6.07, 6.45) is -3.04. The molecule has 1 saturated heterocycles. The van der Waals surface area contributed by atoms with Crippen molar-refractivity contribution in [1.82, 2.24) is 10.2 Å². The van der Waals surface area contributed by atoms with Gasteiger partial charge in [0.25, 0.3) is 0 Å². The lowest BCUT2D eigenvalue weighted by molar-refractivity contribution is -0.153. The fourth-order valence-electron chi connectivity index (χ4n) is 3.17. The number of guanidine groups is 1. The molecule has 11 heteroatoms. The molecule has 0 radical (unpaired) electrons. The van der Waals surface area contributed by atoms with Crippen molar-refractivity contribution in [2.24, 2.45) is 10.9 Å². The number of esters is 1. The van der Waals surface area contributed by atoms with Crippen LogP contribution in [0.25, 0.3) is 0 Å². The second kappa shape index (κ2) is 12.8. The highest BCUT2D eigenvalue weighted by Crippen LogP contribution is 2.30. The van der Waals surface area contributed by atoms with Crippen LogP contribution in [-0.2, 0) is 16.1 Å². The summed E-state index contributed by atoms with van der Waals surface area (Å²) in [6, 6.07) is 4.72. The van der Waals surface area contributed by atoms with Gasteiger partial charge < -0.3 is 24.4 Å². The number of halogens is 4. The van der Waals surface area contributed by atoms with Gasteiger partial charge >= 0.3 is 12.1 Å². The van der Waals surface area contributed by atoms with Crippen LogP contribution in [0.2, 0.25) is 0 Å². The van der Waals surface area contributed by atoms with E-state index < -0.39 is 12.8 Å². The highest BCUT2D eigenvalue weighted by Gasteiger charge is 2.29. The molecule has 0 amide bonds. The average Bonchev–Trinajstić information content (AvgIpc) is 2.74. The first-order chi connectivity index (χ1) is 14.3. The number of ether oxygens (including phenoxy) is 3. The number of hydrogen-bond acceptors (Lipinski definition) is 5. The first-order valence-corrected chi connectivity index (χ1v) is 9.75. The number of nitrogens with one attached hydrogen (secondary N) is 1. The van der Waals surface area contributed by atoms with Crippen LogP contribution in [-0.4, -0.2) is 63.5 Å². The summed E-state index contributed by atoms with van der Waals surface area (Å²) in [5.74, 6) is 0.687. The number of aliphatic imine (C=N–C) groups is 1. The van der Waals surface area contributed by atoms with E-state index in [1.54, 1.807) is 12.1 Å². The van der Waals surface area contributed by atoms with E-state index in [1.165, 1.54) is 20.3 Å². The van der Waals surface area contributed by atoms with Crippen LogP contribution >= 0.6 is 24.0 Å². The third kappa shape index (κ3) is 8.62. The molecule has 0 atom stereocenters. The molecule has 0 bridgehead atoms. The molecule has 1 fully saturated rings. The van der Waals surface area contributed by atoms with Gasteiger partial charge in [-0.15, -0.1) is 24.0 Å². The smallest absolute Gasteiger partial charge is 0.422 e. The summed E-state index contributed by atoms with van der Waals surface area (Å²) in [5.41, 5.74) is 0.769. The molecule has 7 nitrogen and oxygen atoms in total. The van der Waals surface area contributed by atoms with E-state index in [-0.39, 0.29) is 47.4 Å². The Morgan fingerprint density at radius 1 is 1.23 bits per heavy atom. The Kier molecular flexibility index (Phi) is 11.2. The SMILES string of the molecule is CCNC(=NCc1ccc(OCC(F)(F)F)c(OC)c1)N1CCC(C(=O)OC)CC1.I. The molecular weight excluding hydrogens is 530 g/mol. The number of carbonyl (C=O) groups is 1. The van der Waals surface area contributed by atoms with E-state index >= 15 is 0 Å². The first kappa shape index (κ1) is 27.1. The van der Waals surface area contributed by atoms with Crippen molar-refractivity contribution in [3.8, 4) is 11.5 Å². The van der Waals surface area contributed by atoms with Crippen molar-refractivity contribution in [2.75, 3.05) is 40.5 Å². The van der Waals surface area contributed by atoms with E-state index in [0.717, 1.165) is 11.5 Å². The highest BCUT2D eigenvalue weighted by molar-refractivity contribution is 14.0. The van der Waals surface area contributed by atoms with Gasteiger partial charge in [0.1, 0.15) is 0 Å². The quantitative estimate of drug-likeness (QED) is 0.238. The number of hydrogen-bond donors (Lipinski definition) is 1. The molecule has 1 heterocycles. The molecule has 1 aromatic rings. The summed E-state index contributed by atoms with van der Waals surface area (Å²) < 4.78 is 51.9. The maximum atomic E-state index is 12.4. The number of nitrogens with zero attached hydrogens (tertiary/aromatic N) is 2. The van der Waals surface area contributed by atoms with E-state index in [1.807, 2.05) is 6.92 Å². The van der Waals surface area contributed by atoms with Crippen molar-refractivity contribution in [3.63, 3.8) is 0 Å². The highest BCUT2D eigenvalue weighted by atomic mass is 127. The predicted molar refractivity (Wildman–Crippen MR) is 121 cm³/mol. The van der Waals surface area contributed by atoms with Gasteiger partial charge in [-0.05, 0) is 37.5 Å². The Labute approximate surface area is 197 Å². The molecule has 176 valence electrons. The van der Waals surface area contributed by atoms with E-state index in [2.05, 4.69) is 15.2 Å². The summed E-state index contributed by atoms with van der Waals surface area (Å²) in [6.45, 7) is 2.94. The Balaban J connectivity index is 0.00000480. The van der Waals surface area contributed by atoms with Gasteiger partial charge in [0, 0.05) is 19.6 Å². The Morgan fingerprint density at radius 2 is 1.90 bits per heavy atom. The zero-order valence-electron chi connectivity index (χ0n) is 17.8. The number of rotatable bonds is 7. The van der Waals surface area contributed by atoms with Crippen molar-refractivity contribution in [3.05, 3.63) is 23.8 Å². The Hall–Kier alpha value is -1.92. The second-order valence-electron chi connectivity index (χ2n) is 6.84. The molecule has 0 saturated carbocycles. The molecular formula is C20H29F3IN3O4. The third-order valence-electron chi connectivity index (χ3n) is 4.69. The summed E-state index contributed by atoms with van der Waals surface area (Å²) in [7, 11) is 2.77. The lowest BCUT2D eigenvalue weighted by Gasteiger charge is -2.33. The first-order valence-electron chi connectivity index (χ1n) is 9.75. The van der Waals surface area contributed by atoms with Crippen molar-refractivity contribution >= 4 is 35.9 Å². The predicted octanol–water partition coefficient (Wildman–Crippen LogP) is 3.60. The van der Waals surface area contributed by atoms with Gasteiger partial charge in [0.05, 0.1) is 26.7 Å². The minimum absolute atomic E-state index is 0. The second-order valence-corrected chi connectivity index (χ2v) is 6.84. The molecule has 0 aromatic heterocycles. The lowest BCUT2D eigenvalue weighted by atomic mass is 9.97. The number of likely N-dealkylation sites (tertiary alicyclic amines) is 1. The number of carbonyl (C=O) groups excluding carboxylic acids is 1. The zero-order chi connectivity index (χ0) is 22.1. The van der Waals surface area contributed by atoms with Gasteiger partial charge in [-0.3, -0.25) is 4.79 Å². The van der Waals surface area contributed by atoms with Gasteiger partial charge in [0.15, 0.2) is 24.1 Å². The molecule has 0 aliphatic carbocycles. The normalized spacial score (nSPS) is 15.2. The minimum atomic E-state index is -4.42. The molecule has 1 aliphatic heterocycles.